The van der Waals surface area contributed by atoms with Crippen LogP contribution in [0.15, 0.2) is 10.8 Å². The maximum Gasteiger partial charge on any atom is 0.317 e. The van der Waals surface area contributed by atoms with Crippen molar-refractivity contribution in [1.82, 2.24) is 15.2 Å². The zero-order valence-corrected chi connectivity index (χ0v) is 12.3. The van der Waals surface area contributed by atoms with Gasteiger partial charge in [0.2, 0.25) is 0 Å². The third kappa shape index (κ3) is 2.41. The van der Waals surface area contributed by atoms with E-state index >= 15 is 0 Å². The average Bonchev–Trinajstić information content (AvgIpc) is 3.01. The first kappa shape index (κ1) is 13.5. The van der Waals surface area contributed by atoms with Crippen LogP contribution in [0.4, 0.5) is 4.79 Å². The van der Waals surface area contributed by atoms with Crippen LogP contribution >= 0.6 is 0 Å². The van der Waals surface area contributed by atoms with Crippen LogP contribution in [0.3, 0.4) is 0 Å². The van der Waals surface area contributed by atoms with Crippen LogP contribution in [-0.4, -0.2) is 28.5 Å². The first-order valence-corrected chi connectivity index (χ1v) is 7.60. The van der Waals surface area contributed by atoms with Crippen molar-refractivity contribution in [2.75, 3.05) is 6.54 Å². The first-order valence-electron chi connectivity index (χ1n) is 7.60. The number of aryl methyl sites for hydroxylation is 1. The molecule has 0 aromatic carbocycles. The molecule has 2 aliphatic rings. The Balaban J connectivity index is 1.61. The summed E-state index contributed by atoms with van der Waals surface area (Å²) in [4.78, 5) is 18.6. The number of nitrogens with one attached hydrogen (secondary N) is 1. The molecular formula is C15H23N3O2. The van der Waals surface area contributed by atoms with Crippen molar-refractivity contribution >= 4 is 6.03 Å². The van der Waals surface area contributed by atoms with Gasteiger partial charge in [-0.15, -0.1) is 0 Å². The summed E-state index contributed by atoms with van der Waals surface area (Å²) in [6, 6.07) is 0.491. The molecule has 1 N–H and O–H groups in total. The Morgan fingerprint density at radius 1 is 1.50 bits per heavy atom. The monoisotopic (exact) mass is 277 g/mol. The van der Waals surface area contributed by atoms with Gasteiger partial charge in [-0.25, -0.2) is 9.78 Å². The molecular weight excluding hydrogens is 254 g/mol. The first-order chi connectivity index (χ1) is 9.66. The van der Waals surface area contributed by atoms with E-state index in [1.54, 1.807) is 0 Å². The Morgan fingerprint density at radius 3 is 3.05 bits per heavy atom. The number of hydrogen-bond acceptors (Lipinski definition) is 3. The molecule has 1 aromatic rings. The van der Waals surface area contributed by atoms with E-state index in [1.165, 1.54) is 25.7 Å². The molecule has 3 rings (SSSR count). The second kappa shape index (κ2) is 5.46. The van der Waals surface area contributed by atoms with Crippen molar-refractivity contribution in [1.29, 1.82) is 0 Å². The number of amides is 2. The molecule has 5 heteroatoms. The van der Waals surface area contributed by atoms with E-state index in [2.05, 4.69) is 17.2 Å². The lowest BCUT2D eigenvalue weighted by Crippen LogP contribution is -2.44. The van der Waals surface area contributed by atoms with E-state index in [9.17, 15) is 4.79 Å². The van der Waals surface area contributed by atoms with Gasteiger partial charge in [0.25, 0.3) is 0 Å². The number of oxazole rings is 1. The molecule has 0 spiro atoms. The lowest BCUT2D eigenvalue weighted by Gasteiger charge is -2.32. The van der Waals surface area contributed by atoms with Crippen molar-refractivity contribution in [2.24, 2.45) is 11.8 Å². The van der Waals surface area contributed by atoms with Crippen LogP contribution in [0, 0.1) is 18.8 Å². The van der Waals surface area contributed by atoms with Crippen LogP contribution in [0.5, 0.6) is 0 Å². The van der Waals surface area contributed by atoms with Crippen molar-refractivity contribution in [3.8, 4) is 0 Å². The molecule has 1 saturated heterocycles. The number of urea groups is 1. The van der Waals surface area contributed by atoms with E-state index in [1.807, 2.05) is 11.8 Å². The molecule has 2 fully saturated rings. The van der Waals surface area contributed by atoms with Gasteiger partial charge >= 0.3 is 6.03 Å². The summed E-state index contributed by atoms with van der Waals surface area (Å²) in [7, 11) is 0. The summed E-state index contributed by atoms with van der Waals surface area (Å²) in [5.74, 6) is 2.10. The van der Waals surface area contributed by atoms with Gasteiger partial charge in [-0.3, -0.25) is 0 Å². The summed E-state index contributed by atoms with van der Waals surface area (Å²) in [5, 5.41) is 2.99. The predicted octanol–water partition coefficient (Wildman–Crippen LogP) is 2.70. The van der Waals surface area contributed by atoms with Crippen molar-refractivity contribution in [3.05, 3.63) is 17.8 Å². The summed E-state index contributed by atoms with van der Waals surface area (Å²) in [6.45, 7) is 5.48. The minimum atomic E-state index is 0.0497. The van der Waals surface area contributed by atoms with Gasteiger partial charge in [-0.1, -0.05) is 19.8 Å². The van der Waals surface area contributed by atoms with Gasteiger partial charge in [0.15, 0.2) is 6.39 Å². The highest BCUT2D eigenvalue weighted by Gasteiger charge is 2.42. The maximum absolute atomic E-state index is 12.4. The van der Waals surface area contributed by atoms with Gasteiger partial charge in [0.1, 0.15) is 11.5 Å². The average molecular weight is 277 g/mol. The molecule has 20 heavy (non-hydrogen) atoms. The fourth-order valence-electron chi connectivity index (χ4n) is 3.76. The van der Waals surface area contributed by atoms with Crippen molar-refractivity contribution in [3.63, 3.8) is 0 Å². The zero-order chi connectivity index (χ0) is 14.1. The lowest BCUT2D eigenvalue weighted by molar-refractivity contribution is 0.168. The normalized spacial score (nSPS) is 29.3. The summed E-state index contributed by atoms with van der Waals surface area (Å²) >= 11 is 0. The SMILES string of the molecule is Cc1ocnc1CNC(=O)N1CC(C)C2CCCCC21. The number of fused-ring (bicyclic) bond motifs is 1. The molecule has 1 saturated carbocycles. The van der Waals surface area contributed by atoms with E-state index in [0.29, 0.717) is 24.4 Å². The number of hydrogen-bond donors (Lipinski definition) is 1. The number of rotatable bonds is 2. The van der Waals surface area contributed by atoms with E-state index in [0.717, 1.165) is 24.4 Å². The van der Waals surface area contributed by atoms with E-state index in [4.69, 9.17) is 4.42 Å². The highest BCUT2D eigenvalue weighted by Crippen LogP contribution is 2.39. The third-order valence-electron chi connectivity index (χ3n) is 4.91. The Bertz CT molecular complexity index is 485. The van der Waals surface area contributed by atoms with Crippen LogP contribution < -0.4 is 5.32 Å². The minimum absolute atomic E-state index is 0.0497. The van der Waals surface area contributed by atoms with Crippen LogP contribution in [0.25, 0.3) is 0 Å². The number of nitrogens with zero attached hydrogens (tertiary/aromatic N) is 2. The molecule has 0 bridgehead atoms. The fraction of sp³-hybridized carbons (Fsp3) is 0.733. The van der Waals surface area contributed by atoms with Gasteiger partial charge < -0.3 is 14.6 Å². The van der Waals surface area contributed by atoms with Crippen LogP contribution in [0.2, 0.25) is 0 Å². The Kier molecular flexibility index (Phi) is 3.68. The molecule has 1 aromatic heterocycles. The smallest absolute Gasteiger partial charge is 0.317 e. The number of carbonyl (C=O) groups is 1. The van der Waals surface area contributed by atoms with Crippen LogP contribution in [0.1, 0.15) is 44.1 Å². The summed E-state index contributed by atoms with van der Waals surface area (Å²) < 4.78 is 5.15. The maximum atomic E-state index is 12.4. The fourth-order valence-corrected chi connectivity index (χ4v) is 3.76. The highest BCUT2D eigenvalue weighted by molar-refractivity contribution is 5.75. The zero-order valence-electron chi connectivity index (χ0n) is 12.3. The predicted molar refractivity (Wildman–Crippen MR) is 75.1 cm³/mol. The van der Waals surface area contributed by atoms with Gasteiger partial charge in [0.05, 0.1) is 6.54 Å². The van der Waals surface area contributed by atoms with Crippen molar-refractivity contribution < 1.29 is 9.21 Å². The number of aromatic nitrogens is 1. The Morgan fingerprint density at radius 2 is 2.30 bits per heavy atom. The second-order valence-corrected chi connectivity index (χ2v) is 6.16. The second-order valence-electron chi connectivity index (χ2n) is 6.16. The quantitative estimate of drug-likeness (QED) is 0.904. The number of carbonyl (C=O) groups excluding carboxylic acids is 1. The molecule has 1 aliphatic carbocycles. The van der Waals surface area contributed by atoms with Crippen molar-refractivity contribution in [2.45, 2.75) is 52.1 Å². The minimum Gasteiger partial charge on any atom is -0.448 e. The summed E-state index contributed by atoms with van der Waals surface area (Å²) in [6.07, 6.45) is 6.43. The van der Waals surface area contributed by atoms with Gasteiger partial charge in [-0.05, 0) is 31.6 Å². The topological polar surface area (TPSA) is 58.4 Å². The van der Waals surface area contributed by atoms with E-state index < -0.39 is 0 Å². The molecule has 1 aliphatic heterocycles. The van der Waals surface area contributed by atoms with E-state index in [-0.39, 0.29) is 6.03 Å². The molecule has 2 heterocycles. The molecule has 3 atom stereocenters. The standard InChI is InChI=1S/C15H23N3O2/c1-10-8-18(14-6-4-3-5-12(10)14)15(19)16-7-13-11(2)20-9-17-13/h9-10,12,14H,3-8H2,1-2H3,(H,16,19). The lowest BCUT2D eigenvalue weighted by atomic mass is 9.80. The largest absolute Gasteiger partial charge is 0.448 e. The molecule has 0 radical (unpaired) electrons. The number of likely N-dealkylation sites (tertiary alicyclic amines) is 1. The highest BCUT2D eigenvalue weighted by atomic mass is 16.3. The molecule has 2 amide bonds. The van der Waals surface area contributed by atoms with Crippen LogP contribution in [-0.2, 0) is 6.54 Å². The van der Waals surface area contributed by atoms with Gasteiger partial charge in [0, 0.05) is 12.6 Å². The Labute approximate surface area is 119 Å². The van der Waals surface area contributed by atoms with Gasteiger partial charge in [-0.2, -0.15) is 0 Å². The third-order valence-corrected chi connectivity index (χ3v) is 4.91. The summed E-state index contributed by atoms with van der Waals surface area (Å²) in [5.41, 5.74) is 0.811. The molecule has 5 nitrogen and oxygen atoms in total. The molecule has 3 unspecified atom stereocenters. The Hall–Kier alpha value is -1.52. The molecule has 110 valence electrons.